The molecule has 3 nitrogen and oxygen atoms in total. The first-order chi connectivity index (χ1) is 8.46. The van der Waals surface area contributed by atoms with Crippen LogP contribution in [-0.4, -0.2) is 26.9 Å². The average Bonchev–Trinajstić information content (AvgIpc) is 2.29. The summed E-state index contributed by atoms with van der Waals surface area (Å²) >= 11 is 0. The maximum atomic E-state index is 12.0. The van der Waals surface area contributed by atoms with E-state index in [2.05, 4.69) is 5.32 Å². The molecule has 0 saturated carbocycles. The van der Waals surface area contributed by atoms with Crippen LogP contribution in [0, 0.1) is 0 Å². The van der Waals surface area contributed by atoms with E-state index in [1.165, 1.54) is 7.11 Å². The van der Waals surface area contributed by atoms with Crippen LogP contribution in [0.1, 0.15) is 12.0 Å². The van der Waals surface area contributed by atoms with Crippen molar-refractivity contribution in [2.75, 3.05) is 20.8 Å². The molecule has 0 aliphatic carbocycles. The van der Waals surface area contributed by atoms with Crippen LogP contribution in [0.5, 0.6) is 11.5 Å². The van der Waals surface area contributed by atoms with Crippen LogP contribution in [0.25, 0.3) is 0 Å². The van der Waals surface area contributed by atoms with Gasteiger partial charge in [0.2, 0.25) is 0 Å². The molecule has 0 unspecified atom stereocenters. The Morgan fingerprint density at radius 2 is 2.00 bits per heavy atom. The summed E-state index contributed by atoms with van der Waals surface area (Å²) in [4.78, 5) is 0. The van der Waals surface area contributed by atoms with Crippen molar-refractivity contribution in [3.8, 4) is 11.5 Å². The highest BCUT2D eigenvalue weighted by Crippen LogP contribution is 2.25. The first kappa shape index (κ1) is 14.6. The molecule has 0 fully saturated rings. The van der Waals surface area contributed by atoms with Gasteiger partial charge < -0.3 is 14.8 Å². The van der Waals surface area contributed by atoms with Crippen LogP contribution < -0.4 is 14.8 Å². The van der Waals surface area contributed by atoms with E-state index in [0.717, 1.165) is 5.56 Å². The Hall–Kier alpha value is -1.43. The summed E-state index contributed by atoms with van der Waals surface area (Å²) in [6, 6.07) is 5.00. The number of alkyl halides is 3. The quantitative estimate of drug-likeness (QED) is 0.856. The van der Waals surface area contributed by atoms with Gasteiger partial charge in [0.05, 0.1) is 20.1 Å². The lowest BCUT2D eigenvalue weighted by Crippen LogP contribution is -2.14. The van der Waals surface area contributed by atoms with Gasteiger partial charge in [-0.25, -0.2) is 0 Å². The van der Waals surface area contributed by atoms with E-state index >= 15 is 0 Å². The molecule has 0 bridgehead atoms. The minimum atomic E-state index is -4.20. The molecule has 1 N–H and O–H groups in total. The average molecular weight is 263 g/mol. The van der Waals surface area contributed by atoms with Gasteiger partial charge >= 0.3 is 6.18 Å². The van der Waals surface area contributed by atoms with Gasteiger partial charge in [-0.05, 0) is 25.2 Å². The topological polar surface area (TPSA) is 30.5 Å². The van der Waals surface area contributed by atoms with Gasteiger partial charge in [0.25, 0.3) is 0 Å². The largest absolute Gasteiger partial charge is 0.497 e. The van der Waals surface area contributed by atoms with Gasteiger partial charge in [0.15, 0.2) is 0 Å². The van der Waals surface area contributed by atoms with Crippen molar-refractivity contribution >= 4 is 0 Å². The molecule has 0 aliphatic heterocycles. The minimum absolute atomic E-state index is 0.382. The number of benzene rings is 1. The summed E-state index contributed by atoms with van der Waals surface area (Å²) in [5.74, 6) is 1.08. The van der Waals surface area contributed by atoms with Gasteiger partial charge in [0, 0.05) is 12.1 Å². The lowest BCUT2D eigenvalue weighted by molar-refractivity contribution is -0.139. The van der Waals surface area contributed by atoms with E-state index in [1.807, 2.05) is 0 Å². The molecule has 0 aliphatic rings. The van der Waals surface area contributed by atoms with E-state index in [0.29, 0.717) is 18.0 Å². The van der Waals surface area contributed by atoms with Gasteiger partial charge in [-0.1, -0.05) is 0 Å². The molecule has 0 radical (unpaired) electrons. The van der Waals surface area contributed by atoms with Crippen LogP contribution in [0.4, 0.5) is 13.2 Å². The smallest absolute Gasteiger partial charge is 0.392 e. The molecular weight excluding hydrogens is 247 g/mol. The molecule has 0 amide bonds. The Morgan fingerprint density at radius 3 is 2.56 bits per heavy atom. The number of nitrogens with one attached hydrogen (secondary N) is 1. The SMILES string of the molecule is CNCc1cc(OC)ccc1OCCC(F)(F)F. The van der Waals surface area contributed by atoms with Crippen LogP contribution >= 0.6 is 0 Å². The first-order valence-electron chi connectivity index (χ1n) is 5.47. The monoisotopic (exact) mass is 263 g/mol. The molecule has 18 heavy (non-hydrogen) atoms. The van der Waals surface area contributed by atoms with Crippen molar-refractivity contribution in [3.05, 3.63) is 23.8 Å². The first-order valence-corrected chi connectivity index (χ1v) is 5.47. The van der Waals surface area contributed by atoms with E-state index in [9.17, 15) is 13.2 Å². The molecule has 0 spiro atoms. The third-order valence-corrected chi connectivity index (χ3v) is 2.28. The second kappa shape index (κ2) is 6.49. The Kier molecular flexibility index (Phi) is 5.27. The molecular formula is C12H16F3NO2. The summed E-state index contributed by atoms with van der Waals surface area (Å²) in [6.07, 6.45) is -5.16. The van der Waals surface area contributed by atoms with Crippen LogP contribution in [0.3, 0.4) is 0 Å². The number of ether oxygens (including phenoxy) is 2. The van der Waals surface area contributed by atoms with Gasteiger partial charge in [-0.15, -0.1) is 0 Å². The zero-order valence-corrected chi connectivity index (χ0v) is 10.3. The Balaban J connectivity index is 2.68. The number of hydrogen-bond acceptors (Lipinski definition) is 3. The lowest BCUT2D eigenvalue weighted by Gasteiger charge is -2.13. The standard InChI is InChI=1S/C12H16F3NO2/c1-16-8-9-7-10(17-2)3-4-11(9)18-6-5-12(13,14)15/h3-4,7,16H,5-6,8H2,1-2H3. The molecule has 6 heteroatoms. The van der Waals surface area contributed by atoms with Gasteiger partial charge in [-0.2, -0.15) is 13.2 Å². The fourth-order valence-electron chi connectivity index (χ4n) is 1.43. The Bertz CT molecular complexity index is 380. The maximum Gasteiger partial charge on any atom is 0.392 e. The summed E-state index contributed by atoms with van der Waals surface area (Å²) in [6.45, 7) is 0.116. The second-order valence-corrected chi connectivity index (χ2v) is 3.72. The molecule has 1 rings (SSSR count). The summed E-state index contributed by atoms with van der Waals surface area (Å²) in [5, 5.41) is 2.92. The van der Waals surface area contributed by atoms with Gasteiger partial charge in [0.1, 0.15) is 11.5 Å². The van der Waals surface area contributed by atoms with E-state index < -0.39 is 12.6 Å². The van der Waals surface area contributed by atoms with Crippen molar-refractivity contribution in [3.63, 3.8) is 0 Å². The van der Waals surface area contributed by atoms with E-state index in [4.69, 9.17) is 9.47 Å². The molecule has 0 aromatic heterocycles. The summed E-state index contributed by atoms with van der Waals surface area (Å²) in [7, 11) is 3.28. The van der Waals surface area contributed by atoms with Crippen molar-refractivity contribution in [2.24, 2.45) is 0 Å². The van der Waals surface area contributed by atoms with Crippen molar-refractivity contribution in [1.82, 2.24) is 5.32 Å². The minimum Gasteiger partial charge on any atom is -0.497 e. The Labute approximate surface area is 104 Å². The maximum absolute atomic E-state index is 12.0. The fourth-order valence-corrected chi connectivity index (χ4v) is 1.43. The second-order valence-electron chi connectivity index (χ2n) is 3.72. The Morgan fingerprint density at radius 1 is 1.28 bits per heavy atom. The molecule has 102 valence electrons. The van der Waals surface area contributed by atoms with Crippen molar-refractivity contribution < 1.29 is 22.6 Å². The van der Waals surface area contributed by atoms with Crippen molar-refractivity contribution in [1.29, 1.82) is 0 Å². The fraction of sp³-hybridized carbons (Fsp3) is 0.500. The number of halogens is 3. The highest BCUT2D eigenvalue weighted by atomic mass is 19.4. The molecule has 0 heterocycles. The van der Waals surface area contributed by atoms with Crippen LogP contribution in [0.15, 0.2) is 18.2 Å². The van der Waals surface area contributed by atoms with Gasteiger partial charge in [-0.3, -0.25) is 0 Å². The predicted octanol–water partition coefficient (Wildman–Crippen LogP) is 2.75. The highest BCUT2D eigenvalue weighted by Gasteiger charge is 2.27. The highest BCUT2D eigenvalue weighted by molar-refractivity contribution is 5.40. The predicted molar refractivity (Wildman–Crippen MR) is 61.9 cm³/mol. The number of hydrogen-bond donors (Lipinski definition) is 1. The summed E-state index contributed by atoms with van der Waals surface area (Å²) in [5.41, 5.74) is 0.763. The molecule has 1 aromatic rings. The zero-order chi connectivity index (χ0) is 13.6. The van der Waals surface area contributed by atoms with Crippen molar-refractivity contribution in [2.45, 2.75) is 19.1 Å². The number of rotatable bonds is 6. The zero-order valence-electron chi connectivity index (χ0n) is 10.3. The molecule has 0 saturated heterocycles. The van der Waals surface area contributed by atoms with E-state index in [1.54, 1.807) is 25.2 Å². The molecule has 0 atom stereocenters. The normalized spacial score (nSPS) is 11.4. The lowest BCUT2D eigenvalue weighted by atomic mass is 10.2. The third-order valence-electron chi connectivity index (χ3n) is 2.28. The summed E-state index contributed by atoms with van der Waals surface area (Å²) < 4.78 is 46.2. The van der Waals surface area contributed by atoms with Crippen LogP contribution in [-0.2, 0) is 6.54 Å². The number of methoxy groups -OCH3 is 1. The molecule has 1 aromatic carbocycles. The van der Waals surface area contributed by atoms with Crippen LogP contribution in [0.2, 0.25) is 0 Å². The third kappa shape index (κ3) is 4.83. The van der Waals surface area contributed by atoms with E-state index in [-0.39, 0.29) is 6.61 Å².